The van der Waals surface area contributed by atoms with E-state index in [1.807, 2.05) is 30.3 Å². The number of hydrogen-bond acceptors (Lipinski definition) is 4. The zero-order valence-electron chi connectivity index (χ0n) is 13.2. The summed E-state index contributed by atoms with van der Waals surface area (Å²) in [5.41, 5.74) is 1.71. The van der Waals surface area contributed by atoms with Gasteiger partial charge in [-0.25, -0.2) is 18.7 Å². The fourth-order valence-corrected chi connectivity index (χ4v) is 4.03. The van der Waals surface area contributed by atoms with E-state index < -0.39 is 6.43 Å². The lowest BCUT2D eigenvalue weighted by Crippen LogP contribution is -2.20. The molecule has 4 nitrogen and oxygen atoms in total. The Balaban J connectivity index is 1.91. The average Bonchev–Trinajstić information content (AvgIpc) is 2.98. The summed E-state index contributed by atoms with van der Waals surface area (Å²) in [6.07, 6.45) is -1.14. The van der Waals surface area contributed by atoms with E-state index in [0.717, 1.165) is 16.9 Å². The molecule has 0 amide bonds. The van der Waals surface area contributed by atoms with Crippen molar-refractivity contribution in [1.29, 1.82) is 0 Å². The van der Waals surface area contributed by atoms with Crippen LogP contribution in [0.15, 0.2) is 47.5 Å². The Morgan fingerprint density at radius 3 is 2.72 bits per heavy atom. The largest absolute Gasteiger partial charge is 0.294 e. The van der Waals surface area contributed by atoms with Crippen LogP contribution in [0.3, 0.4) is 0 Å². The lowest BCUT2D eigenvalue weighted by atomic mass is 10.1. The van der Waals surface area contributed by atoms with Gasteiger partial charge in [-0.2, -0.15) is 0 Å². The Morgan fingerprint density at radius 2 is 2.00 bits per heavy atom. The van der Waals surface area contributed by atoms with E-state index in [-0.39, 0.29) is 11.3 Å². The number of fused-ring (bicyclic) bond motifs is 3. The molecule has 0 unspecified atom stereocenters. The molecule has 0 aliphatic rings. The molecule has 4 rings (SSSR count). The van der Waals surface area contributed by atoms with Gasteiger partial charge in [0.25, 0.3) is 12.0 Å². The van der Waals surface area contributed by atoms with E-state index in [4.69, 9.17) is 0 Å². The van der Waals surface area contributed by atoms with Crippen molar-refractivity contribution in [1.82, 2.24) is 14.5 Å². The summed E-state index contributed by atoms with van der Waals surface area (Å²) in [6.45, 7) is 2.14. The molecule has 0 atom stereocenters. The molecule has 0 radical (unpaired) electrons. The van der Waals surface area contributed by atoms with Crippen molar-refractivity contribution in [3.63, 3.8) is 0 Å². The second-order valence-corrected chi connectivity index (χ2v) is 6.79. The quantitative estimate of drug-likeness (QED) is 0.549. The molecule has 0 fully saturated rings. The zero-order chi connectivity index (χ0) is 17.6. The minimum Gasteiger partial charge on any atom is -0.294 e. The molecular weight excluding hydrogens is 344 g/mol. The van der Waals surface area contributed by atoms with Crippen LogP contribution in [-0.4, -0.2) is 14.5 Å². The van der Waals surface area contributed by atoms with Crippen molar-refractivity contribution in [2.24, 2.45) is 0 Å². The maximum Gasteiger partial charge on any atom is 0.280 e. The van der Waals surface area contributed by atoms with E-state index in [0.29, 0.717) is 32.5 Å². The number of halogens is 2. The second kappa shape index (κ2) is 6.00. The van der Waals surface area contributed by atoms with Gasteiger partial charge in [0.15, 0.2) is 0 Å². The van der Waals surface area contributed by atoms with Crippen LogP contribution in [0, 0.1) is 6.92 Å². The standard InChI is InChI=1S/C18H13F2N3OS/c1-10-7-12(16(19)20)22-17-13(10)14-15(25-17)18(24)23(9-21-14)8-11-5-3-2-4-6-11/h2-7,9,16H,8H2,1H3. The topological polar surface area (TPSA) is 47.8 Å². The molecular formula is C18H13F2N3OS. The SMILES string of the molecule is Cc1cc(C(F)F)nc2sc3c(=O)n(Cc4ccccc4)cnc3c12. The van der Waals surface area contributed by atoms with E-state index >= 15 is 0 Å². The summed E-state index contributed by atoms with van der Waals surface area (Å²) in [4.78, 5) is 21.6. The first kappa shape index (κ1) is 15.8. The van der Waals surface area contributed by atoms with Gasteiger partial charge in [-0.3, -0.25) is 9.36 Å². The summed E-state index contributed by atoms with van der Waals surface area (Å²) in [6, 6.07) is 10.9. The summed E-state index contributed by atoms with van der Waals surface area (Å²) in [5, 5.41) is 0.674. The van der Waals surface area contributed by atoms with Crippen molar-refractivity contribution >= 4 is 31.8 Å². The molecule has 0 bridgehead atoms. The minimum atomic E-state index is -2.64. The van der Waals surface area contributed by atoms with Crippen molar-refractivity contribution in [3.8, 4) is 0 Å². The number of pyridine rings is 1. The Morgan fingerprint density at radius 1 is 1.24 bits per heavy atom. The van der Waals surface area contributed by atoms with Crippen LogP contribution < -0.4 is 5.56 Å². The highest BCUT2D eigenvalue weighted by Gasteiger charge is 2.18. The molecule has 0 aliphatic carbocycles. The van der Waals surface area contributed by atoms with Gasteiger partial charge < -0.3 is 0 Å². The monoisotopic (exact) mass is 357 g/mol. The predicted molar refractivity (Wildman–Crippen MR) is 94.4 cm³/mol. The van der Waals surface area contributed by atoms with Crippen molar-refractivity contribution < 1.29 is 8.78 Å². The van der Waals surface area contributed by atoms with Gasteiger partial charge in [0.2, 0.25) is 0 Å². The number of aryl methyl sites for hydroxylation is 1. The van der Waals surface area contributed by atoms with Crippen LogP contribution in [-0.2, 0) is 6.54 Å². The summed E-state index contributed by atoms with van der Waals surface area (Å²) >= 11 is 1.12. The molecule has 3 aromatic heterocycles. The smallest absolute Gasteiger partial charge is 0.280 e. The highest BCUT2D eigenvalue weighted by molar-refractivity contribution is 7.25. The van der Waals surface area contributed by atoms with Gasteiger partial charge >= 0.3 is 0 Å². The molecule has 126 valence electrons. The molecule has 0 N–H and O–H groups in total. The Labute approximate surface area is 145 Å². The molecule has 7 heteroatoms. The van der Waals surface area contributed by atoms with Crippen LogP contribution in [0.2, 0.25) is 0 Å². The average molecular weight is 357 g/mol. The molecule has 3 heterocycles. The van der Waals surface area contributed by atoms with Gasteiger partial charge in [-0.1, -0.05) is 30.3 Å². The normalized spacial score (nSPS) is 11.7. The Hall–Kier alpha value is -2.67. The highest BCUT2D eigenvalue weighted by atomic mass is 32.1. The molecule has 0 spiro atoms. The van der Waals surface area contributed by atoms with Crippen LogP contribution in [0.5, 0.6) is 0 Å². The first-order valence-electron chi connectivity index (χ1n) is 7.66. The second-order valence-electron chi connectivity index (χ2n) is 5.79. The van der Waals surface area contributed by atoms with E-state index in [9.17, 15) is 13.6 Å². The molecule has 0 aliphatic heterocycles. The van der Waals surface area contributed by atoms with Crippen molar-refractivity contribution in [3.05, 3.63) is 69.9 Å². The third-order valence-corrected chi connectivity index (χ3v) is 5.12. The highest BCUT2D eigenvalue weighted by Crippen LogP contribution is 2.33. The number of alkyl halides is 2. The molecule has 25 heavy (non-hydrogen) atoms. The number of hydrogen-bond donors (Lipinski definition) is 0. The molecule has 0 saturated carbocycles. The van der Waals surface area contributed by atoms with Gasteiger partial charge in [0.05, 0.1) is 18.4 Å². The molecule has 4 aromatic rings. The molecule has 1 aromatic carbocycles. The van der Waals surface area contributed by atoms with Gasteiger partial charge in [-0.15, -0.1) is 11.3 Å². The van der Waals surface area contributed by atoms with Gasteiger partial charge in [0, 0.05) is 5.39 Å². The Kier molecular flexibility index (Phi) is 3.80. The van der Waals surface area contributed by atoms with E-state index in [1.54, 1.807) is 6.92 Å². The molecule has 0 saturated heterocycles. The summed E-state index contributed by atoms with van der Waals surface area (Å²) in [5.74, 6) is 0. The lowest BCUT2D eigenvalue weighted by molar-refractivity contribution is 0.146. The van der Waals surface area contributed by atoms with E-state index in [1.165, 1.54) is 17.0 Å². The number of thiophene rings is 1. The van der Waals surface area contributed by atoms with Crippen molar-refractivity contribution in [2.45, 2.75) is 19.9 Å². The summed E-state index contributed by atoms with van der Waals surface area (Å²) < 4.78 is 27.9. The fourth-order valence-electron chi connectivity index (χ4n) is 2.87. The summed E-state index contributed by atoms with van der Waals surface area (Å²) in [7, 11) is 0. The van der Waals surface area contributed by atoms with Crippen LogP contribution >= 0.6 is 11.3 Å². The first-order valence-corrected chi connectivity index (χ1v) is 8.47. The number of rotatable bonds is 3. The maximum atomic E-state index is 13.0. The van der Waals surface area contributed by atoms with Crippen molar-refractivity contribution in [2.75, 3.05) is 0 Å². The Bertz CT molecular complexity index is 1140. The zero-order valence-corrected chi connectivity index (χ0v) is 14.1. The predicted octanol–water partition coefficient (Wildman–Crippen LogP) is 4.30. The lowest BCUT2D eigenvalue weighted by Gasteiger charge is -2.05. The first-order chi connectivity index (χ1) is 12.0. The number of nitrogens with zero attached hydrogens (tertiary/aromatic N) is 3. The van der Waals surface area contributed by atoms with E-state index in [2.05, 4.69) is 9.97 Å². The maximum absolute atomic E-state index is 13.0. The van der Waals surface area contributed by atoms with Crippen LogP contribution in [0.25, 0.3) is 20.4 Å². The van der Waals surface area contributed by atoms with Gasteiger partial charge in [-0.05, 0) is 24.1 Å². The minimum absolute atomic E-state index is 0.185. The van der Waals surface area contributed by atoms with Crippen LogP contribution in [0.4, 0.5) is 8.78 Å². The number of aromatic nitrogens is 3. The number of benzene rings is 1. The third-order valence-electron chi connectivity index (χ3n) is 4.05. The third kappa shape index (κ3) is 2.70. The van der Waals surface area contributed by atoms with Gasteiger partial charge in [0.1, 0.15) is 15.2 Å². The fraction of sp³-hybridized carbons (Fsp3) is 0.167. The van der Waals surface area contributed by atoms with Crippen LogP contribution in [0.1, 0.15) is 23.2 Å².